The highest BCUT2D eigenvalue weighted by Gasteiger charge is 2.36. The van der Waals surface area contributed by atoms with Crippen molar-refractivity contribution in [1.29, 1.82) is 0 Å². The first-order chi connectivity index (χ1) is 12.6. The lowest BCUT2D eigenvalue weighted by molar-refractivity contribution is -0.126. The number of carbonyl (C=O) groups is 2. The molecule has 0 radical (unpaired) electrons. The fraction of sp³-hybridized carbons (Fsp3) is 0.381. The molecule has 1 aliphatic heterocycles. The molecule has 2 heterocycles. The normalized spacial score (nSPS) is 18.0. The molecule has 0 bridgehead atoms. The van der Waals surface area contributed by atoms with Crippen molar-refractivity contribution < 1.29 is 9.59 Å². The molecule has 3 rings (SSSR count). The summed E-state index contributed by atoms with van der Waals surface area (Å²) >= 11 is 0. The number of aromatic nitrogens is 1. The van der Waals surface area contributed by atoms with E-state index in [1.807, 2.05) is 30.3 Å². The molecule has 1 saturated heterocycles. The maximum absolute atomic E-state index is 12.6. The lowest BCUT2D eigenvalue weighted by Gasteiger charge is -2.23. The highest BCUT2D eigenvalue weighted by molar-refractivity contribution is 6.00. The SMILES string of the molecule is CC[C@@H](C)c1ccccc1N1C[C@@H](C(=O)NCc2ccncc2)CC1=O. The summed E-state index contributed by atoms with van der Waals surface area (Å²) in [4.78, 5) is 30.8. The molecule has 2 aromatic rings. The van der Waals surface area contributed by atoms with E-state index in [1.54, 1.807) is 17.3 Å². The highest BCUT2D eigenvalue weighted by Crippen LogP contribution is 2.33. The quantitative estimate of drug-likeness (QED) is 0.869. The van der Waals surface area contributed by atoms with Crippen LogP contribution in [-0.2, 0) is 16.1 Å². The van der Waals surface area contributed by atoms with Gasteiger partial charge in [-0.15, -0.1) is 0 Å². The third-order valence-corrected chi connectivity index (χ3v) is 5.08. The van der Waals surface area contributed by atoms with Gasteiger partial charge in [0.1, 0.15) is 0 Å². The molecule has 5 nitrogen and oxygen atoms in total. The Labute approximate surface area is 154 Å². The van der Waals surface area contributed by atoms with Crippen LogP contribution < -0.4 is 10.2 Å². The number of benzene rings is 1. The van der Waals surface area contributed by atoms with Crippen molar-refractivity contribution in [2.75, 3.05) is 11.4 Å². The molecule has 5 heteroatoms. The van der Waals surface area contributed by atoms with Crippen LogP contribution in [0.3, 0.4) is 0 Å². The van der Waals surface area contributed by atoms with Crippen molar-refractivity contribution in [1.82, 2.24) is 10.3 Å². The number of pyridine rings is 1. The van der Waals surface area contributed by atoms with Gasteiger partial charge >= 0.3 is 0 Å². The van der Waals surface area contributed by atoms with E-state index in [4.69, 9.17) is 0 Å². The number of hydrogen-bond acceptors (Lipinski definition) is 3. The van der Waals surface area contributed by atoms with Gasteiger partial charge in [-0.1, -0.05) is 32.0 Å². The number of anilines is 1. The van der Waals surface area contributed by atoms with Crippen LogP contribution in [0.5, 0.6) is 0 Å². The summed E-state index contributed by atoms with van der Waals surface area (Å²) < 4.78 is 0. The van der Waals surface area contributed by atoms with E-state index in [9.17, 15) is 9.59 Å². The van der Waals surface area contributed by atoms with Gasteiger partial charge < -0.3 is 10.2 Å². The molecule has 1 aromatic heterocycles. The van der Waals surface area contributed by atoms with Crippen molar-refractivity contribution in [2.45, 2.75) is 39.2 Å². The third kappa shape index (κ3) is 3.93. The Bertz CT molecular complexity index is 776. The van der Waals surface area contributed by atoms with Crippen LogP contribution in [-0.4, -0.2) is 23.3 Å². The minimum atomic E-state index is -0.311. The molecule has 0 saturated carbocycles. The number of rotatable bonds is 6. The molecular formula is C21H25N3O2. The summed E-state index contributed by atoms with van der Waals surface area (Å²) in [6.45, 7) is 5.20. The van der Waals surface area contributed by atoms with Gasteiger partial charge in [-0.25, -0.2) is 0 Å². The Balaban J connectivity index is 1.68. The Morgan fingerprint density at radius 2 is 2.00 bits per heavy atom. The first-order valence-corrected chi connectivity index (χ1v) is 9.16. The van der Waals surface area contributed by atoms with E-state index in [0.29, 0.717) is 19.0 Å². The average Bonchev–Trinajstić information content (AvgIpc) is 3.08. The summed E-state index contributed by atoms with van der Waals surface area (Å²) in [6, 6.07) is 11.8. The van der Waals surface area contributed by atoms with Gasteiger partial charge in [-0.2, -0.15) is 0 Å². The van der Waals surface area contributed by atoms with Crippen LogP contribution in [0, 0.1) is 5.92 Å². The topological polar surface area (TPSA) is 62.3 Å². The van der Waals surface area contributed by atoms with E-state index >= 15 is 0 Å². The van der Waals surface area contributed by atoms with Gasteiger partial charge in [-0.3, -0.25) is 14.6 Å². The van der Waals surface area contributed by atoms with E-state index < -0.39 is 0 Å². The number of hydrogen-bond donors (Lipinski definition) is 1. The minimum absolute atomic E-state index is 0.0183. The fourth-order valence-electron chi connectivity index (χ4n) is 3.32. The lowest BCUT2D eigenvalue weighted by Crippen LogP contribution is -2.32. The van der Waals surface area contributed by atoms with Gasteiger partial charge in [0.15, 0.2) is 0 Å². The lowest BCUT2D eigenvalue weighted by atomic mass is 9.96. The number of amides is 2. The first-order valence-electron chi connectivity index (χ1n) is 9.16. The number of para-hydroxylation sites is 1. The fourth-order valence-corrected chi connectivity index (χ4v) is 3.32. The van der Waals surface area contributed by atoms with Crippen molar-refractivity contribution in [2.24, 2.45) is 5.92 Å². The number of nitrogens with zero attached hydrogens (tertiary/aromatic N) is 2. The third-order valence-electron chi connectivity index (χ3n) is 5.08. The molecule has 0 aliphatic carbocycles. The molecule has 2 amide bonds. The number of carbonyl (C=O) groups excluding carboxylic acids is 2. The van der Waals surface area contributed by atoms with Crippen molar-refractivity contribution in [3.63, 3.8) is 0 Å². The predicted octanol–water partition coefficient (Wildman–Crippen LogP) is 3.26. The molecular weight excluding hydrogens is 326 g/mol. The Morgan fingerprint density at radius 1 is 1.27 bits per heavy atom. The second-order valence-corrected chi connectivity index (χ2v) is 6.85. The maximum atomic E-state index is 12.6. The Kier molecular flexibility index (Phi) is 5.66. The summed E-state index contributed by atoms with van der Waals surface area (Å²) in [5, 5.41) is 2.94. The smallest absolute Gasteiger partial charge is 0.227 e. The van der Waals surface area contributed by atoms with Gasteiger partial charge in [0.25, 0.3) is 0 Å². The van der Waals surface area contributed by atoms with Gasteiger partial charge in [-0.05, 0) is 41.7 Å². The monoisotopic (exact) mass is 351 g/mol. The second kappa shape index (κ2) is 8.13. The van der Waals surface area contributed by atoms with Gasteiger partial charge in [0.2, 0.25) is 11.8 Å². The molecule has 1 fully saturated rings. The summed E-state index contributed by atoms with van der Waals surface area (Å²) in [6.07, 6.45) is 4.67. The first kappa shape index (κ1) is 18.1. The van der Waals surface area contributed by atoms with E-state index in [2.05, 4.69) is 30.2 Å². The summed E-state index contributed by atoms with van der Waals surface area (Å²) in [5.74, 6) is 0.0105. The van der Waals surface area contributed by atoms with Gasteiger partial charge in [0.05, 0.1) is 5.92 Å². The molecule has 0 spiro atoms. The molecule has 136 valence electrons. The highest BCUT2D eigenvalue weighted by atomic mass is 16.2. The van der Waals surface area contributed by atoms with Crippen LogP contribution in [0.2, 0.25) is 0 Å². The second-order valence-electron chi connectivity index (χ2n) is 6.85. The largest absolute Gasteiger partial charge is 0.352 e. The standard InChI is InChI=1S/C21H25N3O2/c1-3-15(2)18-6-4-5-7-19(18)24-14-17(12-20(24)25)21(26)23-13-16-8-10-22-11-9-16/h4-11,15,17H,3,12-14H2,1-2H3,(H,23,26)/t15-,17+/m1/s1. The van der Waals surface area contributed by atoms with Crippen LogP contribution in [0.15, 0.2) is 48.8 Å². The predicted molar refractivity (Wildman–Crippen MR) is 102 cm³/mol. The minimum Gasteiger partial charge on any atom is -0.352 e. The van der Waals surface area contributed by atoms with E-state index in [-0.39, 0.29) is 24.2 Å². The van der Waals surface area contributed by atoms with Crippen molar-refractivity contribution in [3.8, 4) is 0 Å². The Hall–Kier alpha value is -2.69. The molecule has 26 heavy (non-hydrogen) atoms. The van der Waals surface area contributed by atoms with E-state index in [1.165, 1.54) is 5.56 Å². The van der Waals surface area contributed by atoms with Gasteiger partial charge in [0, 0.05) is 37.6 Å². The van der Waals surface area contributed by atoms with Crippen LogP contribution in [0.25, 0.3) is 0 Å². The van der Waals surface area contributed by atoms with E-state index in [0.717, 1.165) is 17.7 Å². The molecule has 1 aliphatic rings. The van der Waals surface area contributed by atoms with Crippen LogP contribution in [0.4, 0.5) is 5.69 Å². The molecule has 2 atom stereocenters. The maximum Gasteiger partial charge on any atom is 0.227 e. The van der Waals surface area contributed by atoms with Crippen molar-refractivity contribution in [3.05, 3.63) is 59.9 Å². The van der Waals surface area contributed by atoms with Crippen LogP contribution in [0.1, 0.15) is 43.7 Å². The number of nitrogens with one attached hydrogen (secondary N) is 1. The molecule has 1 N–H and O–H groups in total. The summed E-state index contributed by atoms with van der Waals surface area (Å²) in [5.41, 5.74) is 3.11. The van der Waals surface area contributed by atoms with Crippen LogP contribution >= 0.6 is 0 Å². The molecule has 0 unspecified atom stereocenters. The zero-order valence-corrected chi connectivity index (χ0v) is 15.3. The Morgan fingerprint density at radius 3 is 2.73 bits per heavy atom. The van der Waals surface area contributed by atoms with Crippen molar-refractivity contribution >= 4 is 17.5 Å². The average molecular weight is 351 g/mol. The molecule has 1 aromatic carbocycles. The summed E-state index contributed by atoms with van der Waals surface area (Å²) in [7, 11) is 0. The zero-order valence-electron chi connectivity index (χ0n) is 15.3. The zero-order chi connectivity index (χ0) is 18.5.